The van der Waals surface area contributed by atoms with E-state index in [1.807, 2.05) is 45.9 Å². The zero-order valence-electron chi connectivity index (χ0n) is 17.9. The molecule has 1 aromatic rings. The maximum atomic E-state index is 12.0. The summed E-state index contributed by atoms with van der Waals surface area (Å²) in [5.41, 5.74) is 0.855. The minimum atomic E-state index is -0.274. The van der Waals surface area contributed by atoms with Crippen LogP contribution >= 0.6 is 0 Å². The van der Waals surface area contributed by atoms with Gasteiger partial charge in [0.25, 0.3) is 5.91 Å². The van der Waals surface area contributed by atoms with Gasteiger partial charge in [-0.1, -0.05) is 19.9 Å². The maximum absolute atomic E-state index is 12.0. The van der Waals surface area contributed by atoms with Gasteiger partial charge in [0.2, 0.25) is 0 Å². The Bertz CT molecular complexity index is 566. The van der Waals surface area contributed by atoms with Crippen LogP contribution in [0.5, 0.6) is 11.5 Å². The van der Waals surface area contributed by atoms with Crippen LogP contribution in [0.25, 0.3) is 0 Å². The molecule has 0 bridgehead atoms. The molecule has 2 N–H and O–H groups in total. The summed E-state index contributed by atoms with van der Waals surface area (Å²) >= 11 is 0. The summed E-state index contributed by atoms with van der Waals surface area (Å²) in [6.45, 7) is 17.5. The molecule has 0 radical (unpaired) electrons. The van der Waals surface area contributed by atoms with Gasteiger partial charge >= 0.3 is 0 Å². The predicted octanol–water partition coefficient (Wildman–Crippen LogP) is 2.81. The molecule has 0 atom stereocenters. The zero-order chi connectivity index (χ0) is 20.3. The van der Waals surface area contributed by atoms with Gasteiger partial charge in [0, 0.05) is 25.2 Å². The molecule has 1 aromatic carbocycles. The highest BCUT2D eigenvalue weighted by Gasteiger charge is 2.15. The number of likely N-dealkylation sites (N-methyl/N-ethyl adjacent to an activating group) is 1. The lowest BCUT2D eigenvalue weighted by Crippen LogP contribution is -2.43. The van der Waals surface area contributed by atoms with Crippen molar-refractivity contribution in [2.75, 3.05) is 39.4 Å². The molecular formula is C21H37N3O3. The van der Waals surface area contributed by atoms with Gasteiger partial charge < -0.3 is 25.0 Å². The number of nitrogens with zero attached hydrogens (tertiary/aromatic N) is 1. The van der Waals surface area contributed by atoms with Crippen molar-refractivity contribution < 1.29 is 14.3 Å². The van der Waals surface area contributed by atoms with E-state index < -0.39 is 0 Å². The summed E-state index contributed by atoms with van der Waals surface area (Å²) in [6, 6.07) is 5.85. The van der Waals surface area contributed by atoms with E-state index in [0.717, 1.165) is 38.3 Å². The summed E-state index contributed by atoms with van der Waals surface area (Å²) in [5.74, 6) is 1.11. The first-order chi connectivity index (χ1) is 12.8. The third kappa shape index (κ3) is 9.63. The average molecular weight is 380 g/mol. The van der Waals surface area contributed by atoms with Gasteiger partial charge in [-0.05, 0) is 58.5 Å². The minimum absolute atomic E-state index is 0.0290. The van der Waals surface area contributed by atoms with E-state index in [4.69, 9.17) is 9.47 Å². The fraction of sp³-hybridized carbons (Fsp3) is 0.667. The number of hydrogen-bond donors (Lipinski definition) is 2. The Morgan fingerprint density at radius 1 is 1.07 bits per heavy atom. The van der Waals surface area contributed by atoms with Gasteiger partial charge in [-0.2, -0.15) is 0 Å². The maximum Gasteiger partial charge on any atom is 0.258 e. The molecule has 0 saturated carbocycles. The van der Waals surface area contributed by atoms with Crippen LogP contribution in [0.15, 0.2) is 18.2 Å². The van der Waals surface area contributed by atoms with Gasteiger partial charge in [-0.25, -0.2) is 0 Å². The van der Waals surface area contributed by atoms with E-state index in [2.05, 4.69) is 29.4 Å². The van der Waals surface area contributed by atoms with Crippen molar-refractivity contribution >= 4 is 5.91 Å². The van der Waals surface area contributed by atoms with Gasteiger partial charge in [0.1, 0.15) is 0 Å². The molecule has 0 aliphatic heterocycles. The summed E-state index contributed by atoms with van der Waals surface area (Å²) < 4.78 is 11.4. The summed E-state index contributed by atoms with van der Waals surface area (Å²) in [4.78, 5) is 14.3. The van der Waals surface area contributed by atoms with Gasteiger partial charge in [0.05, 0.1) is 6.61 Å². The second-order valence-corrected chi connectivity index (χ2v) is 7.50. The van der Waals surface area contributed by atoms with Gasteiger partial charge in [-0.3, -0.25) is 4.79 Å². The molecule has 6 heteroatoms. The van der Waals surface area contributed by atoms with Crippen LogP contribution in [0.3, 0.4) is 0 Å². The Balaban J connectivity index is 2.59. The van der Waals surface area contributed by atoms with Crippen LogP contribution in [0.2, 0.25) is 0 Å². The van der Waals surface area contributed by atoms with Gasteiger partial charge in [-0.15, -0.1) is 0 Å². The summed E-state index contributed by atoms with van der Waals surface area (Å²) in [6.07, 6.45) is 0. The van der Waals surface area contributed by atoms with Crippen molar-refractivity contribution in [1.82, 2.24) is 15.5 Å². The largest absolute Gasteiger partial charge is 0.490 e. The number of nitrogens with one attached hydrogen (secondary N) is 2. The molecule has 0 spiro atoms. The molecule has 1 rings (SSSR count). The summed E-state index contributed by atoms with van der Waals surface area (Å²) in [7, 11) is 0. The molecule has 0 aliphatic rings. The third-order valence-electron chi connectivity index (χ3n) is 4.01. The quantitative estimate of drug-likeness (QED) is 0.547. The average Bonchev–Trinajstić information content (AvgIpc) is 2.60. The van der Waals surface area contributed by atoms with Crippen LogP contribution in [0, 0.1) is 0 Å². The lowest BCUT2D eigenvalue weighted by atomic mass is 10.1. The molecule has 0 saturated heterocycles. The van der Waals surface area contributed by atoms with E-state index in [0.29, 0.717) is 18.1 Å². The fourth-order valence-corrected chi connectivity index (χ4v) is 2.66. The molecular weight excluding hydrogens is 342 g/mol. The number of carbonyl (C=O) groups excluding carboxylic acids is 1. The van der Waals surface area contributed by atoms with E-state index in [9.17, 15) is 4.79 Å². The summed E-state index contributed by atoms with van der Waals surface area (Å²) in [5, 5.41) is 6.35. The van der Waals surface area contributed by atoms with Crippen molar-refractivity contribution in [2.45, 2.75) is 53.6 Å². The number of hydrogen-bond acceptors (Lipinski definition) is 5. The lowest BCUT2D eigenvalue weighted by Gasteiger charge is -2.21. The van der Waals surface area contributed by atoms with Crippen molar-refractivity contribution in [3.8, 4) is 11.5 Å². The Hall–Kier alpha value is -1.79. The topological polar surface area (TPSA) is 62.8 Å². The molecule has 6 nitrogen and oxygen atoms in total. The highest BCUT2D eigenvalue weighted by Crippen LogP contribution is 2.28. The van der Waals surface area contributed by atoms with Crippen LogP contribution in [0.1, 0.15) is 47.1 Å². The molecule has 0 fully saturated rings. The second kappa shape index (κ2) is 11.8. The Kier molecular flexibility index (Phi) is 10.2. The Morgan fingerprint density at radius 2 is 1.78 bits per heavy atom. The molecule has 27 heavy (non-hydrogen) atoms. The minimum Gasteiger partial charge on any atom is -0.490 e. The van der Waals surface area contributed by atoms with Crippen molar-refractivity contribution in [3.63, 3.8) is 0 Å². The van der Waals surface area contributed by atoms with Crippen LogP contribution < -0.4 is 20.1 Å². The predicted molar refractivity (Wildman–Crippen MR) is 110 cm³/mol. The number of rotatable bonds is 12. The first-order valence-electron chi connectivity index (χ1n) is 9.91. The van der Waals surface area contributed by atoms with E-state index in [1.54, 1.807) is 0 Å². The van der Waals surface area contributed by atoms with Crippen molar-refractivity contribution in [1.29, 1.82) is 0 Å². The van der Waals surface area contributed by atoms with E-state index >= 15 is 0 Å². The number of ether oxygens (including phenoxy) is 2. The monoisotopic (exact) mass is 379 g/mol. The first-order valence-corrected chi connectivity index (χ1v) is 9.91. The van der Waals surface area contributed by atoms with E-state index in [1.165, 1.54) is 0 Å². The second-order valence-electron chi connectivity index (χ2n) is 7.50. The third-order valence-corrected chi connectivity index (χ3v) is 4.01. The lowest BCUT2D eigenvalue weighted by molar-refractivity contribution is -0.124. The number of benzene rings is 1. The Labute approximate surface area is 164 Å². The van der Waals surface area contributed by atoms with Crippen LogP contribution in [-0.2, 0) is 11.3 Å². The normalized spacial score (nSPS) is 11.5. The van der Waals surface area contributed by atoms with Gasteiger partial charge in [0.15, 0.2) is 18.1 Å². The standard InChI is InChI=1S/C21H37N3O3/c1-7-24(8-2)13-12-22-15-17-10-11-18(19(14-17)26-9-3)27-16-20(25)23-21(4,5)6/h10-11,14,22H,7-9,12-13,15-16H2,1-6H3,(H,23,25). The highest BCUT2D eigenvalue weighted by atomic mass is 16.5. The fourth-order valence-electron chi connectivity index (χ4n) is 2.66. The smallest absolute Gasteiger partial charge is 0.258 e. The SMILES string of the molecule is CCOc1cc(CNCCN(CC)CC)ccc1OCC(=O)NC(C)(C)C. The molecule has 154 valence electrons. The van der Waals surface area contributed by atoms with Crippen LogP contribution in [-0.4, -0.2) is 55.7 Å². The van der Waals surface area contributed by atoms with Crippen LogP contribution in [0.4, 0.5) is 0 Å². The molecule has 1 amide bonds. The molecule has 0 aliphatic carbocycles. The first kappa shape index (κ1) is 23.2. The zero-order valence-corrected chi connectivity index (χ0v) is 17.9. The van der Waals surface area contributed by atoms with Crippen molar-refractivity contribution in [3.05, 3.63) is 23.8 Å². The molecule has 0 heterocycles. The molecule has 0 unspecified atom stereocenters. The van der Waals surface area contributed by atoms with E-state index in [-0.39, 0.29) is 18.1 Å². The van der Waals surface area contributed by atoms with Crippen molar-refractivity contribution in [2.24, 2.45) is 0 Å². The highest BCUT2D eigenvalue weighted by molar-refractivity contribution is 5.78. The number of amides is 1. The molecule has 0 aromatic heterocycles. The Morgan fingerprint density at radius 3 is 2.37 bits per heavy atom. The number of carbonyl (C=O) groups is 1.